The van der Waals surface area contributed by atoms with Crippen LogP contribution in [0.25, 0.3) is 5.69 Å². The van der Waals surface area contributed by atoms with Crippen LogP contribution >= 0.6 is 11.8 Å². The van der Waals surface area contributed by atoms with E-state index in [0.717, 1.165) is 0 Å². The Labute approximate surface area is 146 Å². The monoisotopic (exact) mass is 358 g/mol. The second-order valence-electron chi connectivity index (χ2n) is 4.95. The smallest absolute Gasteiger partial charge is 0.273 e. The molecule has 0 aliphatic rings. The Hall–Kier alpha value is -3.21. The highest BCUT2D eigenvalue weighted by atomic mass is 32.2. The number of anilines is 1. The molecule has 128 valence electrons. The van der Waals surface area contributed by atoms with Crippen molar-refractivity contribution in [3.05, 3.63) is 42.4 Å². The van der Waals surface area contributed by atoms with Gasteiger partial charge in [-0.15, -0.1) is 25.2 Å². The van der Waals surface area contributed by atoms with Crippen LogP contribution in [0.5, 0.6) is 0 Å². The standard InChI is InChI=1S/C14H14N8O2S/c1-21-8-16-18-14(21)25-7-10(23)17-13-11(12(15)24)19-22(20-13)9-5-3-2-4-6-9/h2-6,8H,7H2,1H3,(H2,15,24)(H,17,20,23). The maximum Gasteiger partial charge on any atom is 0.273 e. The van der Waals surface area contributed by atoms with E-state index >= 15 is 0 Å². The van der Waals surface area contributed by atoms with Crippen LogP contribution in [0.1, 0.15) is 10.5 Å². The van der Waals surface area contributed by atoms with Gasteiger partial charge < -0.3 is 15.6 Å². The topological polar surface area (TPSA) is 134 Å². The summed E-state index contributed by atoms with van der Waals surface area (Å²) < 4.78 is 1.69. The molecule has 2 aromatic heterocycles. The van der Waals surface area contributed by atoms with Gasteiger partial charge in [0.1, 0.15) is 6.33 Å². The Bertz CT molecular complexity index is 905. The van der Waals surface area contributed by atoms with Gasteiger partial charge in [-0.2, -0.15) is 0 Å². The predicted octanol–water partition coefficient (Wildman–Crippen LogP) is 0.225. The molecule has 0 aliphatic heterocycles. The molecule has 3 aromatic rings. The number of nitrogens with zero attached hydrogens (tertiary/aromatic N) is 6. The molecule has 0 atom stereocenters. The van der Waals surface area contributed by atoms with E-state index in [9.17, 15) is 9.59 Å². The Kier molecular flexibility index (Phi) is 4.75. The van der Waals surface area contributed by atoms with E-state index in [1.165, 1.54) is 22.9 Å². The normalized spacial score (nSPS) is 10.6. The van der Waals surface area contributed by atoms with Crippen LogP contribution < -0.4 is 11.1 Å². The molecule has 25 heavy (non-hydrogen) atoms. The van der Waals surface area contributed by atoms with Crippen molar-refractivity contribution in [3.8, 4) is 5.69 Å². The van der Waals surface area contributed by atoms with Crippen LogP contribution in [0, 0.1) is 0 Å². The van der Waals surface area contributed by atoms with Crippen LogP contribution in [-0.4, -0.2) is 47.3 Å². The maximum absolute atomic E-state index is 12.1. The van der Waals surface area contributed by atoms with Gasteiger partial charge in [-0.1, -0.05) is 30.0 Å². The van der Waals surface area contributed by atoms with Crippen molar-refractivity contribution in [1.82, 2.24) is 29.8 Å². The van der Waals surface area contributed by atoms with E-state index in [1.54, 1.807) is 35.9 Å². The van der Waals surface area contributed by atoms with E-state index in [4.69, 9.17) is 5.73 Å². The number of carbonyl (C=O) groups is 2. The van der Waals surface area contributed by atoms with E-state index in [2.05, 4.69) is 25.7 Å². The largest absolute Gasteiger partial charge is 0.364 e. The van der Waals surface area contributed by atoms with Gasteiger partial charge in [0.25, 0.3) is 5.91 Å². The molecule has 0 bridgehead atoms. The molecule has 0 saturated carbocycles. The number of nitrogens with one attached hydrogen (secondary N) is 1. The summed E-state index contributed by atoms with van der Waals surface area (Å²) in [5.74, 6) is -1.06. The average Bonchev–Trinajstić information content (AvgIpc) is 3.20. The Morgan fingerprint density at radius 2 is 2.00 bits per heavy atom. The quantitative estimate of drug-likeness (QED) is 0.602. The third-order valence-corrected chi connectivity index (χ3v) is 4.13. The lowest BCUT2D eigenvalue weighted by atomic mass is 10.3. The van der Waals surface area contributed by atoms with Gasteiger partial charge in [0.15, 0.2) is 16.7 Å². The lowest BCUT2D eigenvalue weighted by Crippen LogP contribution is -2.19. The number of benzene rings is 1. The van der Waals surface area contributed by atoms with E-state index in [0.29, 0.717) is 10.8 Å². The molecule has 1 aromatic carbocycles. The fourth-order valence-electron chi connectivity index (χ4n) is 1.94. The lowest BCUT2D eigenvalue weighted by molar-refractivity contribution is -0.113. The SMILES string of the molecule is Cn1cnnc1SCC(=O)Nc1nn(-c2ccccc2)nc1C(N)=O. The molecule has 0 radical (unpaired) electrons. The second kappa shape index (κ2) is 7.13. The minimum absolute atomic E-state index is 0.0138. The summed E-state index contributed by atoms with van der Waals surface area (Å²) >= 11 is 1.20. The number of primary amides is 1. The van der Waals surface area contributed by atoms with E-state index in [1.807, 2.05) is 6.07 Å². The molecule has 0 aliphatic carbocycles. The second-order valence-corrected chi connectivity index (χ2v) is 5.89. The van der Waals surface area contributed by atoms with Crippen LogP contribution in [0.2, 0.25) is 0 Å². The predicted molar refractivity (Wildman–Crippen MR) is 90.2 cm³/mol. The number of amides is 2. The first-order valence-corrected chi connectivity index (χ1v) is 8.12. The number of aromatic nitrogens is 6. The molecule has 11 heteroatoms. The van der Waals surface area contributed by atoms with Gasteiger partial charge >= 0.3 is 0 Å². The first-order valence-electron chi connectivity index (χ1n) is 7.14. The zero-order valence-corrected chi connectivity index (χ0v) is 14.0. The Balaban J connectivity index is 1.74. The minimum Gasteiger partial charge on any atom is -0.364 e. The summed E-state index contributed by atoms with van der Waals surface area (Å²) in [6.45, 7) is 0. The number of nitrogens with two attached hydrogens (primary N) is 1. The van der Waals surface area contributed by atoms with Crippen LogP contribution in [0.15, 0.2) is 41.8 Å². The number of hydrogen-bond acceptors (Lipinski definition) is 7. The molecule has 0 unspecified atom stereocenters. The zero-order valence-electron chi connectivity index (χ0n) is 13.2. The summed E-state index contributed by atoms with van der Waals surface area (Å²) in [7, 11) is 1.77. The van der Waals surface area contributed by atoms with Crippen molar-refractivity contribution in [3.63, 3.8) is 0 Å². The molecule has 3 N–H and O–H groups in total. The molecule has 0 fully saturated rings. The molecular weight excluding hydrogens is 344 g/mol. The molecule has 10 nitrogen and oxygen atoms in total. The molecular formula is C14H14N8O2S. The molecule has 0 spiro atoms. The number of carbonyl (C=O) groups excluding carboxylic acids is 2. The summed E-state index contributed by atoms with van der Waals surface area (Å²) in [5.41, 5.74) is 5.85. The highest BCUT2D eigenvalue weighted by Gasteiger charge is 2.19. The van der Waals surface area contributed by atoms with Gasteiger partial charge in [-0.25, -0.2) is 0 Å². The Morgan fingerprint density at radius 1 is 1.24 bits per heavy atom. The first kappa shape index (κ1) is 16.6. The van der Waals surface area contributed by atoms with Crippen molar-refractivity contribution >= 4 is 29.4 Å². The van der Waals surface area contributed by atoms with Crippen molar-refractivity contribution < 1.29 is 9.59 Å². The van der Waals surface area contributed by atoms with Gasteiger partial charge in [-0.05, 0) is 12.1 Å². The zero-order chi connectivity index (χ0) is 17.8. The van der Waals surface area contributed by atoms with Crippen LogP contribution in [-0.2, 0) is 11.8 Å². The van der Waals surface area contributed by atoms with Gasteiger partial charge in [0, 0.05) is 7.05 Å². The van der Waals surface area contributed by atoms with E-state index < -0.39 is 5.91 Å². The average molecular weight is 358 g/mol. The number of rotatable bonds is 6. The molecule has 2 heterocycles. The molecule has 0 saturated heterocycles. The van der Waals surface area contributed by atoms with Crippen molar-refractivity contribution in [2.24, 2.45) is 12.8 Å². The third-order valence-electron chi connectivity index (χ3n) is 3.09. The fraction of sp³-hybridized carbons (Fsp3) is 0.143. The number of thioether (sulfide) groups is 1. The lowest BCUT2D eigenvalue weighted by Gasteiger charge is -2.02. The minimum atomic E-state index is -0.779. The third kappa shape index (κ3) is 3.83. The van der Waals surface area contributed by atoms with Crippen molar-refractivity contribution in [2.45, 2.75) is 5.16 Å². The van der Waals surface area contributed by atoms with Gasteiger partial charge in [0.05, 0.1) is 11.4 Å². The Morgan fingerprint density at radius 3 is 2.64 bits per heavy atom. The van der Waals surface area contributed by atoms with Gasteiger partial charge in [-0.3, -0.25) is 9.59 Å². The molecule has 3 rings (SSSR count). The molecule has 2 amide bonds. The van der Waals surface area contributed by atoms with Crippen molar-refractivity contribution in [2.75, 3.05) is 11.1 Å². The summed E-state index contributed by atoms with van der Waals surface area (Å²) in [6, 6.07) is 8.98. The summed E-state index contributed by atoms with van der Waals surface area (Å²) in [5, 5.41) is 18.9. The highest BCUT2D eigenvalue weighted by molar-refractivity contribution is 7.99. The number of aryl methyl sites for hydroxylation is 1. The highest BCUT2D eigenvalue weighted by Crippen LogP contribution is 2.16. The summed E-state index contributed by atoms with van der Waals surface area (Å²) in [6.07, 6.45) is 1.54. The fourth-order valence-corrected chi connectivity index (χ4v) is 2.62. The van der Waals surface area contributed by atoms with Gasteiger partial charge in [0.2, 0.25) is 5.91 Å². The number of hydrogen-bond donors (Lipinski definition) is 2. The van der Waals surface area contributed by atoms with E-state index in [-0.39, 0.29) is 23.2 Å². The van der Waals surface area contributed by atoms with Crippen molar-refractivity contribution in [1.29, 1.82) is 0 Å². The van der Waals surface area contributed by atoms with Crippen LogP contribution in [0.3, 0.4) is 0 Å². The number of para-hydroxylation sites is 1. The maximum atomic E-state index is 12.1. The summed E-state index contributed by atoms with van der Waals surface area (Å²) in [4.78, 5) is 24.9. The first-order chi connectivity index (χ1) is 12.0. The van der Waals surface area contributed by atoms with Crippen LogP contribution in [0.4, 0.5) is 5.82 Å².